The summed E-state index contributed by atoms with van der Waals surface area (Å²) in [6.45, 7) is 24.2. The second-order valence-corrected chi connectivity index (χ2v) is 23.6. The molecule has 0 amide bonds. The number of hydrogen-bond donors (Lipinski definition) is 0. The van der Waals surface area contributed by atoms with Gasteiger partial charge in [-0.3, -0.25) is 0 Å². The van der Waals surface area contributed by atoms with Gasteiger partial charge in [-0.15, -0.1) is 0 Å². The van der Waals surface area contributed by atoms with Gasteiger partial charge in [0.25, 0.3) is 8.32 Å². The van der Waals surface area contributed by atoms with Gasteiger partial charge in [-0.25, -0.2) is 0 Å². The Labute approximate surface area is 262 Å². The maximum absolute atomic E-state index is 7.59. The molecule has 1 atom stereocenters. The van der Waals surface area contributed by atoms with E-state index in [-0.39, 0.29) is 16.2 Å². The van der Waals surface area contributed by atoms with Crippen LogP contribution in [0.5, 0.6) is 0 Å². The van der Waals surface area contributed by atoms with E-state index in [2.05, 4.69) is 147 Å². The molecule has 0 radical (unpaired) electrons. The third kappa shape index (κ3) is 10.5. The average Bonchev–Trinajstić information content (AvgIpc) is 2.93. The first-order valence-corrected chi connectivity index (χ1v) is 21.3. The Morgan fingerprint density at radius 3 is 1.83 bits per heavy atom. The maximum atomic E-state index is 7.59. The highest BCUT2D eigenvalue weighted by atomic mass is 28.4. The largest absolute Gasteiger partial charge is 0.417 e. The molecule has 2 rings (SSSR count). The van der Waals surface area contributed by atoms with Crippen LogP contribution in [0, 0.1) is 0 Å². The SMILES string of the molecule is CCCCCC(O[Si](c1ccccc1)(c1ccccc1)C(C)(C)C)/C(C)=C/C/C=C\CCCCO[Si](C)(C)C(C)(C)C. The van der Waals surface area contributed by atoms with E-state index in [1.165, 1.54) is 41.6 Å². The van der Waals surface area contributed by atoms with Gasteiger partial charge in [0.05, 0.1) is 6.10 Å². The van der Waals surface area contributed by atoms with Gasteiger partial charge in [0.2, 0.25) is 0 Å². The van der Waals surface area contributed by atoms with E-state index in [1.54, 1.807) is 0 Å². The van der Waals surface area contributed by atoms with Crippen LogP contribution in [0.2, 0.25) is 23.2 Å². The van der Waals surface area contributed by atoms with Crippen molar-refractivity contribution in [3.05, 3.63) is 84.5 Å². The summed E-state index contributed by atoms with van der Waals surface area (Å²) in [6.07, 6.45) is 16.3. The smallest absolute Gasteiger partial charge is 0.261 e. The molecular weight excluding hydrogens is 545 g/mol. The Kier molecular flexibility index (Phi) is 14.7. The number of unbranched alkanes of at least 4 members (excludes halogenated alkanes) is 4. The van der Waals surface area contributed by atoms with Crippen LogP contribution in [0.4, 0.5) is 0 Å². The van der Waals surface area contributed by atoms with E-state index >= 15 is 0 Å². The summed E-state index contributed by atoms with van der Waals surface area (Å²) in [7, 11) is -4.23. The van der Waals surface area contributed by atoms with E-state index in [4.69, 9.17) is 8.85 Å². The Bertz CT molecular complexity index is 1040. The van der Waals surface area contributed by atoms with Gasteiger partial charge < -0.3 is 8.85 Å². The van der Waals surface area contributed by atoms with Crippen LogP contribution in [0.3, 0.4) is 0 Å². The second-order valence-electron chi connectivity index (χ2n) is 14.5. The molecule has 0 aliphatic rings. The summed E-state index contributed by atoms with van der Waals surface area (Å²) in [4.78, 5) is 0. The lowest BCUT2D eigenvalue weighted by Crippen LogP contribution is -2.67. The first-order chi connectivity index (χ1) is 19.8. The molecule has 4 heteroatoms. The lowest BCUT2D eigenvalue weighted by molar-refractivity contribution is 0.207. The Morgan fingerprint density at radius 1 is 0.762 bits per heavy atom. The molecule has 0 aromatic heterocycles. The molecule has 0 heterocycles. The third-order valence-corrected chi connectivity index (χ3v) is 18.7. The first kappa shape index (κ1) is 36.5. The number of benzene rings is 2. The molecule has 2 aromatic rings. The summed E-state index contributed by atoms with van der Waals surface area (Å²) in [6, 6.07) is 22.1. The highest BCUT2D eigenvalue weighted by molar-refractivity contribution is 6.99. The van der Waals surface area contributed by atoms with E-state index in [9.17, 15) is 0 Å². The highest BCUT2D eigenvalue weighted by Crippen LogP contribution is 2.39. The van der Waals surface area contributed by atoms with E-state index in [0.29, 0.717) is 0 Å². The topological polar surface area (TPSA) is 18.5 Å². The number of hydrogen-bond acceptors (Lipinski definition) is 2. The van der Waals surface area contributed by atoms with Gasteiger partial charge in [0.15, 0.2) is 8.32 Å². The first-order valence-electron chi connectivity index (χ1n) is 16.5. The molecule has 42 heavy (non-hydrogen) atoms. The minimum atomic E-state index is -2.60. The van der Waals surface area contributed by atoms with Gasteiger partial charge in [-0.05, 0) is 78.1 Å². The molecule has 0 bridgehead atoms. The highest BCUT2D eigenvalue weighted by Gasteiger charge is 2.51. The molecule has 0 saturated carbocycles. The van der Waals surface area contributed by atoms with Crippen LogP contribution in [-0.2, 0) is 8.85 Å². The Balaban J connectivity index is 2.17. The van der Waals surface area contributed by atoms with Crippen LogP contribution in [0.1, 0.15) is 107 Å². The van der Waals surface area contributed by atoms with Crippen molar-refractivity contribution in [2.24, 2.45) is 0 Å². The van der Waals surface area contributed by atoms with Crippen molar-refractivity contribution in [2.45, 2.75) is 136 Å². The minimum absolute atomic E-state index is 0.0206. The second kappa shape index (κ2) is 16.9. The molecule has 1 unspecified atom stereocenters. The van der Waals surface area contributed by atoms with Gasteiger partial charge in [0.1, 0.15) is 0 Å². The van der Waals surface area contributed by atoms with E-state index in [1.807, 2.05) is 0 Å². The predicted octanol–water partition coefficient (Wildman–Crippen LogP) is 10.6. The molecule has 0 fully saturated rings. The summed E-state index contributed by atoms with van der Waals surface area (Å²) in [5.74, 6) is 0. The van der Waals surface area contributed by atoms with Crippen LogP contribution in [0.25, 0.3) is 0 Å². The van der Waals surface area contributed by atoms with Gasteiger partial charge >= 0.3 is 0 Å². The van der Waals surface area contributed by atoms with Crippen LogP contribution in [0.15, 0.2) is 84.5 Å². The van der Waals surface area contributed by atoms with Crippen molar-refractivity contribution < 1.29 is 8.85 Å². The number of rotatable bonds is 17. The zero-order valence-corrected chi connectivity index (χ0v) is 30.8. The molecule has 0 aliphatic carbocycles. The lowest BCUT2D eigenvalue weighted by Gasteiger charge is -2.45. The quantitative estimate of drug-likeness (QED) is 0.101. The summed E-state index contributed by atoms with van der Waals surface area (Å²) >= 11 is 0. The fourth-order valence-corrected chi connectivity index (χ4v) is 11.2. The number of allylic oxidation sites excluding steroid dienone is 3. The molecule has 0 aliphatic heterocycles. The molecule has 2 nitrogen and oxygen atoms in total. The van der Waals surface area contributed by atoms with E-state index < -0.39 is 16.6 Å². The van der Waals surface area contributed by atoms with Crippen molar-refractivity contribution >= 4 is 27.0 Å². The monoisotopic (exact) mass is 606 g/mol. The maximum Gasteiger partial charge on any atom is 0.261 e. The average molecular weight is 607 g/mol. The summed E-state index contributed by atoms with van der Waals surface area (Å²) < 4.78 is 13.9. The molecular formula is C38H62O2Si2. The fourth-order valence-electron chi connectivity index (χ4n) is 5.37. The van der Waals surface area contributed by atoms with E-state index in [0.717, 1.165) is 32.3 Å². The van der Waals surface area contributed by atoms with Crippen molar-refractivity contribution in [3.8, 4) is 0 Å². The zero-order valence-electron chi connectivity index (χ0n) is 28.8. The zero-order chi connectivity index (χ0) is 31.3. The van der Waals surface area contributed by atoms with Crippen molar-refractivity contribution in [1.82, 2.24) is 0 Å². The van der Waals surface area contributed by atoms with Crippen LogP contribution >= 0.6 is 0 Å². The fraction of sp³-hybridized carbons (Fsp3) is 0.579. The molecule has 234 valence electrons. The van der Waals surface area contributed by atoms with Crippen molar-refractivity contribution in [3.63, 3.8) is 0 Å². The Morgan fingerprint density at radius 2 is 1.33 bits per heavy atom. The predicted molar refractivity (Wildman–Crippen MR) is 191 cm³/mol. The molecule has 0 saturated heterocycles. The molecule has 0 spiro atoms. The van der Waals surface area contributed by atoms with Gasteiger partial charge in [-0.2, -0.15) is 0 Å². The van der Waals surface area contributed by atoms with Crippen LogP contribution < -0.4 is 10.4 Å². The van der Waals surface area contributed by atoms with Gasteiger partial charge in [0, 0.05) is 6.61 Å². The third-order valence-electron chi connectivity index (χ3n) is 9.09. The summed E-state index contributed by atoms with van der Waals surface area (Å²) in [5, 5.41) is 2.98. The summed E-state index contributed by atoms with van der Waals surface area (Å²) in [5.41, 5.74) is 1.37. The lowest BCUT2D eigenvalue weighted by atomic mass is 10.0. The minimum Gasteiger partial charge on any atom is -0.417 e. The molecule has 0 N–H and O–H groups in total. The van der Waals surface area contributed by atoms with Crippen LogP contribution in [-0.4, -0.2) is 29.3 Å². The Hall–Kier alpha value is -1.73. The molecule has 2 aromatic carbocycles. The normalized spacial score (nSPS) is 14.5. The van der Waals surface area contributed by atoms with Gasteiger partial charge in [-0.1, -0.05) is 147 Å². The van der Waals surface area contributed by atoms with Crippen molar-refractivity contribution in [1.29, 1.82) is 0 Å². The van der Waals surface area contributed by atoms with Crippen molar-refractivity contribution in [2.75, 3.05) is 6.61 Å². The standard InChI is InChI=1S/C38H62O2Si2/c1-11-12-19-31-36(33(2)26-20-15-13-14-16-25-32-39-41(9,10)37(3,4)5)40-42(38(6,7)8,34-27-21-17-22-28-34)35-29-23-18-24-30-35/h13,15,17-18,21-24,26-30,36H,11-12,14,16,19-20,25,31-32H2,1-10H3/b15-13-,33-26+.